The maximum absolute atomic E-state index is 4.43. The van der Waals surface area contributed by atoms with Crippen molar-refractivity contribution in [3.8, 4) is 50.2 Å². The van der Waals surface area contributed by atoms with Gasteiger partial charge in [-0.05, 0) is 68.8 Å². The van der Waals surface area contributed by atoms with Gasteiger partial charge in [-0.25, -0.2) is 0 Å². The van der Waals surface area contributed by atoms with E-state index in [4.69, 9.17) is 0 Å². The number of para-hydroxylation sites is 1. The fourth-order valence-corrected chi connectivity index (χ4v) is 6.08. The predicted molar refractivity (Wildman–Crippen MR) is 154 cm³/mol. The second-order valence-electron chi connectivity index (χ2n) is 9.61. The van der Waals surface area contributed by atoms with Crippen molar-refractivity contribution < 1.29 is 0 Å². The Kier molecular flexibility index (Phi) is 4.26. The van der Waals surface area contributed by atoms with E-state index in [0.29, 0.717) is 0 Å². The molecule has 1 aliphatic rings. The molecule has 8 rings (SSSR count). The number of pyridine rings is 1. The van der Waals surface area contributed by atoms with Crippen molar-refractivity contribution in [2.45, 2.75) is 0 Å². The number of hydrogen-bond donors (Lipinski definition) is 0. The molecule has 0 N–H and O–H groups in total. The molecule has 0 unspecified atom stereocenters. The summed E-state index contributed by atoms with van der Waals surface area (Å²) in [6, 6.07) is 44.0. The zero-order valence-corrected chi connectivity index (χ0v) is 20.1. The standard InChI is InChI=1S/C35H22N2/c1-2-10-25-24(9-1)26-11-3-4-13-28(26)30-18-17-23(21-32(30)29-14-6-5-12-27(25)29)37-34-16-8-7-15-31(34)33-22-36-20-19-35(33)37/h1-22H. The molecule has 0 aliphatic heterocycles. The normalized spacial score (nSPS) is 11.8. The van der Waals surface area contributed by atoms with Crippen LogP contribution in [0.4, 0.5) is 0 Å². The number of fused-ring (bicyclic) bond motifs is 11. The number of hydrogen-bond acceptors (Lipinski definition) is 1. The van der Waals surface area contributed by atoms with Crippen LogP contribution in [0.3, 0.4) is 0 Å². The summed E-state index contributed by atoms with van der Waals surface area (Å²) in [6.07, 6.45) is 3.86. The molecule has 0 bridgehead atoms. The van der Waals surface area contributed by atoms with Gasteiger partial charge < -0.3 is 4.57 Å². The van der Waals surface area contributed by atoms with Gasteiger partial charge in [0.15, 0.2) is 0 Å². The molecule has 0 atom stereocenters. The minimum Gasteiger partial charge on any atom is -0.309 e. The van der Waals surface area contributed by atoms with Crippen molar-refractivity contribution >= 4 is 21.8 Å². The van der Waals surface area contributed by atoms with Gasteiger partial charge in [-0.3, -0.25) is 4.98 Å². The van der Waals surface area contributed by atoms with E-state index in [1.165, 1.54) is 66.3 Å². The minimum absolute atomic E-state index is 1.15. The van der Waals surface area contributed by atoms with Crippen molar-refractivity contribution in [2.24, 2.45) is 0 Å². The SMILES string of the molecule is c1ccc2c(c1)-c1ccccc1-c1ccc(-n3c4ccccc4c4cnccc43)cc1-c1ccccc1-2. The van der Waals surface area contributed by atoms with Crippen LogP contribution in [-0.2, 0) is 0 Å². The molecule has 2 nitrogen and oxygen atoms in total. The van der Waals surface area contributed by atoms with Crippen LogP contribution in [0.1, 0.15) is 0 Å². The number of nitrogens with zero attached hydrogens (tertiary/aromatic N) is 2. The highest BCUT2D eigenvalue weighted by atomic mass is 15.0. The monoisotopic (exact) mass is 470 g/mol. The first kappa shape index (κ1) is 20.3. The van der Waals surface area contributed by atoms with Crippen molar-refractivity contribution in [3.63, 3.8) is 0 Å². The molecule has 37 heavy (non-hydrogen) atoms. The summed E-state index contributed by atoms with van der Waals surface area (Å²) in [5.41, 5.74) is 13.6. The number of rotatable bonds is 1. The molecule has 0 saturated heterocycles. The van der Waals surface area contributed by atoms with E-state index >= 15 is 0 Å². The van der Waals surface area contributed by atoms with Crippen LogP contribution in [0, 0.1) is 0 Å². The predicted octanol–water partition coefficient (Wildman–Crippen LogP) is 9.16. The van der Waals surface area contributed by atoms with E-state index in [1.54, 1.807) is 0 Å². The number of benzene rings is 5. The Balaban J connectivity index is 1.49. The number of aromatic nitrogens is 2. The van der Waals surface area contributed by atoms with Crippen LogP contribution in [0.15, 0.2) is 134 Å². The smallest absolute Gasteiger partial charge is 0.0571 e. The Hall–Kier alpha value is -4.95. The van der Waals surface area contributed by atoms with Crippen LogP contribution >= 0.6 is 0 Å². The lowest BCUT2D eigenvalue weighted by molar-refractivity contribution is 1.17. The van der Waals surface area contributed by atoms with Gasteiger partial charge in [0.2, 0.25) is 0 Å². The van der Waals surface area contributed by atoms with Crippen LogP contribution in [0.5, 0.6) is 0 Å². The van der Waals surface area contributed by atoms with E-state index in [9.17, 15) is 0 Å². The molecule has 5 aromatic carbocycles. The molecule has 172 valence electrons. The van der Waals surface area contributed by atoms with Gasteiger partial charge in [-0.1, -0.05) is 97.1 Å². The highest BCUT2D eigenvalue weighted by Crippen LogP contribution is 2.48. The third-order valence-corrected chi connectivity index (χ3v) is 7.68. The third-order valence-electron chi connectivity index (χ3n) is 7.68. The zero-order valence-electron chi connectivity index (χ0n) is 20.1. The molecule has 1 aliphatic carbocycles. The average molecular weight is 471 g/mol. The van der Waals surface area contributed by atoms with Crippen molar-refractivity contribution in [3.05, 3.63) is 134 Å². The molecular formula is C35H22N2. The Labute approximate surface area is 215 Å². The molecule has 0 amide bonds. The summed E-state index contributed by atoms with van der Waals surface area (Å²) in [7, 11) is 0. The van der Waals surface area contributed by atoms with E-state index in [-0.39, 0.29) is 0 Å². The summed E-state index contributed by atoms with van der Waals surface area (Å²) >= 11 is 0. The van der Waals surface area contributed by atoms with Gasteiger partial charge in [0, 0.05) is 28.9 Å². The summed E-state index contributed by atoms with van der Waals surface area (Å²) in [6.45, 7) is 0. The molecule has 2 heteroatoms. The summed E-state index contributed by atoms with van der Waals surface area (Å²) in [4.78, 5) is 4.43. The zero-order chi connectivity index (χ0) is 24.3. The molecule has 2 aromatic heterocycles. The lowest BCUT2D eigenvalue weighted by Crippen LogP contribution is -1.99. The first-order chi connectivity index (χ1) is 18.4. The van der Waals surface area contributed by atoms with Crippen molar-refractivity contribution in [1.29, 1.82) is 0 Å². The Morgan fingerprint density at radius 3 is 1.51 bits per heavy atom. The Bertz CT molecular complexity index is 1930. The van der Waals surface area contributed by atoms with Crippen LogP contribution < -0.4 is 0 Å². The maximum Gasteiger partial charge on any atom is 0.0571 e. The quantitative estimate of drug-likeness (QED) is 0.234. The molecule has 0 fully saturated rings. The topological polar surface area (TPSA) is 17.8 Å². The lowest BCUT2D eigenvalue weighted by atomic mass is 9.81. The molecule has 7 aromatic rings. The van der Waals surface area contributed by atoms with Gasteiger partial charge >= 0.3 is 0 Å². The molecule has 0 saturated carbocycles. The van der Waals surface area contributed by atoms with Crippen molar-refractivity contribution in [2.75, 3.05) is 0 Å². The maximum atomic E-state index is 4.43. The van der Waals surface area contributed by atoms with Gasteiger partial charge in [0.1, 0.15) is 0 Å². The van der Waals surface area contributed by atoms with E-state index in [0.717, 1.165) is 5.69 Å². The van der Waals surface area contributed by atoms with Crippen molar-refractivity contribution in [1.82, 2.24) is 9.55 Å². The Morgan fingerprint density at radius 2 is 0.892 bits per heavy atom. The summed E-state index contributed by atoms with van der Waals surface area (Å²) < 4.78 is 2.37. The van der Waals surface area contributed by atoms with Gasteiger partial charge in [-0.15, -0.1) is 0 Å². The molecule has 2 heterocycles. The fraction of sp³-hybridized carbons (Fsp3) is 0. The van der Waals surface area contributed by atoms with E-state index in [1.807, 2.05) is 12.4 Å². The molecule has 0 spiro atoms. The van der Waals surface area contributed by atoms with Gasteiger partial charge in [0.25, 0.3) is 0 Å². The van der Waals surface area contributed by atoms with Crippen LogP contribution in [-0.4, -0.2) is 9.55 Å². The highest BCUT2D eigenvalue weighted by Gasteiger charge is 2.22. The first-order valence-electron chi connectivity index (χ1n) is 12.6. The lowest BCUT2D eigenvalue weighted by Gasteiger charge is -2.23. The fourth-order valence-electron chi connectivity index (χ4n) is 6.08. The van der Waals surface area contributed by atoms with E-state index in [2.05, 4.69) is 131 Å². The first-order valence-corrected chi connectivity index (χ1v) is 12.6. The van der Waals surface area contributed by atoms with Gasteiger partial charge in [-0.2, -0.15) is 0 Å². The second-order valence-corrected chi connectivity index (χ2v) is 9.61. The van der Waals surface area contributed by atoms with E-state index < -0.39 is 0 Å². The van der Waals surface area contributed by atoms with Crippen LogP contribution in [0.25, 0.3) is 72.0 Å². The van der Waals surface area contributed by atoms with Gasteiger partial charge in [0.05, 0.1) is 11.0 Å². The average Bonchev–Trinajstić information content (AvgIpc) is 3.31. The third kappa shape index (κ3) is 2.90. The Morgan fingerprint density at radius 1 is 0.405 bits per heavy atom. The summed E-state index contributed by atoms with van der Waals surface area (Å²) in [5, 5.41) is 2.39. The minimum atomic E-state index is 1.15. The molecular weight excluding hydrogens is 448 g/mol. The van der Waals surface area contributed by atoms with Crippen LogP contribution in [0.2, 0.25) is 0 Å². The second kappa shape index (κ2) is 7.78. The largest absolute Gasteiger partial charge is 0.309 e. The summed E-state index contributed by atoms with van der Waals surface area (Å²) in [5.74, 6) is 0. The highest BCUT2D eigenvalue weighted by molar-refractivity contribution is 6.09. The molecule has 0 radical (unpaired) electrons.